The molecular weight excluding hydrogens is 314 g/mol. The van der Waals surface area contributed by atoms with Gasteiger partial charge in [-0.1, -0.05) is 26.0 Å². The molecule has 0 fully saturated rings. The highest BCUT2D eigenvalue weighted by Gasteiger charge is 2.36. The maximum Gasteiger partial charge on any atom is 0.266 e. The highest BCUT2D eigenvalue weighted by Crippen LogP contribution is 2.29. The van der Waals surface area contributed by atoms with E-state index in [0.29, 0.717) is 22.7 Å². The van der Waals surface area contributed by atoms with Gasteiger partial charge in [0.1, 0.15) is 5.82 Å². The molecule has 0 unspecified atom stereocenters. The van der Waals surface area contributed by atoms with Gasteiger partial charge >= 0.3 is 0 Å². The Morgan fingerprint density at radius 1 is 0.840 bits per heavy atom. The van der Waals surface area contributed by atoms with Crippen molar-refractivity contribution in [2.24, 2.45) is 0 Å². The Morgan fingerprint density at radius 3 is 1.96 bits per heavy atom. The minimum atomic E-state index is -0.279. The van der Waals surface area contributed by atoms with Crippen molar-refractivity contribution in [2.45, 2.75) is 19.8 Å². The number of carbonyl (C=O) groups excluding carboxylic acids is 2. The van der Waals surface area contributed by atoms with Crippen LogP contribution in [0.5, 0.6) is 0 Å². The van der Waals surface area contributed by atoms with Crippen molar-refractivity contribution in [3.8, 4) is 5.69 Å². The van der Waals surface area contributed by atoms with Gasteiger partial charge in [0.05, 0.1) is 16.8 Å². The zero-order valence-corrected chi connectivity index (χ0v) is 14.0. The molecule has 1 aromatic heterocycles. The van der Waals surface area contributed by atoms with E-state index in [1.165, 1.54) is 4.90 Å². The van der Waals surface area contributed by atoms with Crippen molar-refractivity contribution in [1.82, 2.24) is 9.55 Å². The summed E-state index contributed by atoms with van der Waals surface area (Å²) in [5, 5.41) is 0. The molecule has 1 aliphatic heterocycles. The van der Waals surface area contributed by atoms with E-state index in [-0.39, 0.29) is 11.8 Å². The molecule has 0 aliphatic carbocycles. The molecule has 2 aromatic carbocycles. The lowest BCUT2D eigenvalue weighted by Crippen LogP contribution is -2.29. The molecule has 4 rings (SSSR count). The second kappa shape index (κ2) is 5.70. The number of fused-ring (bicyclic) bond motifs is 1. The number of benzene rings is 2. The minimum absolute atomic E-state index is 0.279. The normalized spacial score (nSPS) is 13.6. The molecule has 5 heteroatoms. The molecule has 0 saturated heterocycles. The highest BCUT2D eigenvalue weighted by molar-refractivity contribution is 6.34. The second-order valence-electron chi connectivity index (χ2n) is 6.32. The van der Waals surface area contributed by atoms with Crippen LogP contribution in [-0.4, -0.2) is 21.4 Å². The van der Waals surface area contributed by atoms with Gasteiger partial charge in [0.15, 0.2) is 0 Å². The summed E-state index contributed by atoms with van der Waals surface area (Å²) in [7, 11) is 0. The smallest absolute Gasteiger partial charge is 0.266 e. The SMILES string of the molecule is CC(C)c1nccn1-c1ccc(N2C(=O)c3ccccc3C2=O)cc1. The van der Waals surface area contributed by atoms with E-state index >= 15 is 0 Å². The molecule has 0 bridgehead atoms. The van der Waals surface area contributed by atoms with Crippen LogP contribution in [0.25, 0.3) is 5.69 Å². The largest absolute Gasteiger partial charge is 0.304 e. The van der Waals surface area contributed by atoms with Gasteiger partial charge in [-0.2, -0.15) is 0 Å². The maximum atomic E-state index is 12.6. The topological polar surface area (TPSA) is 55.2 Å². The zero-order chi connectivity index (χ0) is 17.6. The fourth-order valence-corrected chi connectivity index (χ4v) is 3.15. The average Bonchev–Trinajstić information content (AvgIpc) is 3.20. The third-order valence-corrected chi connectivity index (χ3v) is 4.37. The summed E-state index contributed by atoms with van der Waals surface area (Å²) < 4.78 is 2.01. The fraction of sp³-hybridized carbons (Fsp3) is 0.150. The number of imidazole rings is 1. The molecule has 0 spiro atoms. The molecule has 0 radical (unpaired) electrons. The second-order valence-corrected chi connectivity index (χ2v) is 6.32. The predicted octanol–water partition coefficient (Wildman–Crippen LogP) is 3.80. The van der Waals surface area contributed by atoms with Gasteiger partial charge in [0, 0.05) is 24.0 Å². The molecule has 2 heterocycles. The van der Waals surface area contributed by atoms with Gasteiger partial charge in [-0.25, -0.2) is 9.88 Å². The number of hydrogen-bond donors (Lipinski definition) is 0. The van der Waals surface area contributed by atoms with Gasteiger partial charge in [0.25, 0.3) is 11.8 Å². The van der Waals surface area contributed by atoms with Crippen molar-refractivity contribution in [3.63, 3.8) is 0 Å². The molecule has 2 amide bonds. The fourth-order valence-electron chi connectivity index (χ4n) is 3.15. The Labute approximate surface area is 145 Å². The average molecular weight is 331 g/mol. The molecule has 0 N–H and O–H groups in total. The predicted molar refractivity (Wildman–Crippen MR) is 95.2 cm³/mol. The monoisotopic (exact) mass is 331 g/mol. The van der Waals surface area contributed by atoms with Crippen LogP contribution in [0, 0.1) is 0 Å². The molecule has 3 aromatic rings. The van der Waals surface area contributed by atoms with Crippen molar-refractivity contribution in [3.05, 3.63) is 77.9 Å². The Kier molecular flexibility index (Phi) is 3.50. The molecule has 0 saturated carbocycles. The minimum Gasteiger partial charge on any atom is -0.304 e. The Hall–Kier alpha value is -3.21. The van der Waals surface area contributed by atoms with Crippen molar-refractivity contribution in [2.75, 3.05) is 4.90 Å². The summed E-state index contributed by atoms with van der Waals surface area (Å²) in [4.78, 5) is 30.7. The maximum absolute atomic E-state index is 12.6. The van der Waals surface area contributed by atoms with E-state index in [1.807, 2.05) is 22.9 Å². The van der Waals surface area contributed by atoms with Gasteiger partial charge < -0.3 is 4.57 Å². The standard InChI is InChI=1S/C20H17N3O2/c1-13(2)18-21-11-12-22(18)14-7-9-15(10-8-14)23-19(24)16-5-3-4-6-17(16)20(23)25/h3-13H,1-2H3. The lowest BCUT2D eigenvalue weighted by molar-refractivity contribution is 0.0926. The zero-order valence-electron chi connectivity index (χ0n) is 14.0. The number of amides is 2. The van der Waals surface area contributed by atoms with E-state index in [1.54, 1.807) is 42.6 Å². The summed E-state index contributed by atoms with van der Waals surface area (Å²) in [6.45, 7) is 4.18. The Morgan fingerprint density at radius 2 is 1.40 bits per heavy atom. The number of imide groups is 1. The van der Waals surface area contributed by atoms with Gasteiger partial charge in [-0.15, -0.1) is 0 Å². The first-order valence-corrected chi connectivity index (χ1v) is 8.19. The van der Waals surface area contributed by atoms with E-state index in [4.69, 9.17) is 0 Å². The van der Waals surface area contributed by atoms with Crippen molar-refractivity contribution < 1.29 is 9.59 Å². The molecular formula is C20H17N3O2. The van der Waals surface area contributed by atoms with Crippen LogP contribution >= 0.6 is 0 Å². The summed E-state index contributed by atoms with van der Waals surface area (Å²) in [5.74, 6) is 0.706. The number of rotatable bonds is 3. The summed E-state index contributed by atoms with van der Waals surface area (Å²) >= 11 is 0. The van der Waals surface area contributed by atoms with E-state index in [2.05, 4.69) is 18.8 Å². The third-order valence-electron chi connectivity index (χ3n) is 4.37. The number of anilines is 1. The van der Waals surface area contributed by atoms with E-state index < -0.39 is 0 Å². The van der Waals surface area contributed by atoms with E-state index in [9.17, 15) is 9.59 Å². The molecule has 25 heavy (non-hydrogen) atoms. The highest BCUT2D eigenvalue weighted by atomic mass is 16.2. The van der Waals surface area contributed by atoms with Crippen LogP contribution in [0.2, 0.25) is 0 Å². The third kappa shape index (κ3) is 2.36. The van der Waals surface area contributed by atoms with Crippen LogP contribution in [0.4, 0.5) is 5.69 Å². The summed E-state index contributed by atoms with van der Waals surface area (Å²) in [6.07, 6.45) is 3.68. The van der Waals surface area contributed by atoms with Crippen LogP contribution in [-0.2, 0) is 0 Å². The van der Waals surface area contributed by atoms with Crippen LogP contribution in [0.1, 0.15) is 46.3 Å². The molecule has 1 aliphatic rings. The Balaban J connectivity index is 1.69. The molecule has 5 nitrogen and oxygen atoms in total. The van der Waals surface area contributed by atoms with Gasteiger partial charge in [-0.05, 0) is 36.4 Å². The van der Waals surface area contributed by atoms with Gasteiger partial charge in [-0.3, -0.25) is 9.59 Å². The lowest BCUT2D eigenvalue weighted by atomic mass is 10.1. The number of carbonyl (C=O) groups is 2. The van der Waals surface area contributed by atoms with Crippen molar-refractivity contribution in [1.29, 1.82) is 0 Å². The lowest BCUT2D eigenvalue weighted by Gasteiger charge is -2.15. The van der Waals surface area contributed by atoms with Crippen molar-refractivity contribution >= 4 is 17.5 Å². The van der Waals surface area contributed by atoms with Crippen LogP contribution in [0.3, 0.4) is 0 Å². The summed E-state index contributed by atoms with van der Waals surface area (Å²) in [6, 6.07) is 14.3. The number of hydrogen-bond acceptors (Lipinski definition) is 3. The first kappa shape index (κ1) is 15.3. The number of nitrogens with zero attached hydrogens (tertiary/aromatic N) is 3. The van der Waals surface area contributed by atoms with Crippen LogP contribution in [0.15, 0.2) is 60.9 Å². The first-order valence-electron chi connectivity index (χ1n) is 8.19. The number of aromatic nitrogens is 2. The van der Waals surface area contributed by atoms with Gasteiger partial charge in [0.2, 0.25) is 0 Å². The van der Waals surface area contributed by atoms with E-state index in [0.717, 1.165) is 11.5 Å². The summed E-state index contributed by atoms with van der Waals surface area (Å²) in [5.41, 5.74) is 2.42. The first-order chi connectivity index (χ1) is 12.1. The molecule has 124 valence electrons. The Bertz CT molecular complexity index is 936. The molecule has 0 atom stereocenters. The van der Waals surface area contributed by atoms with Crippen LogP contribution < -0.4 is 4.90 Å². The quantitative estimate of drug-likeness (QED) is 0.686.